The van der Waals surface area contributed by atoms with Crippen LogP contribution in [-0.2, 0) is 5.41 Å². The summed E-state index contributed by atoms with van der Waals surface area (Å²) < 4.78 is 6.60. The number of aromatic nitrogens is 4. The molecule has 0 saturated heterocycles. The van der Waals surface area contributed by atoms with Crippen molar-refractivity contribution in [2.45, 2.75) is 5.41 Å². The monoisotopic (exact) mass is 666 g/mol. The Balaban J connectivity index is 1.21. The van der Waals surface area contributed by atoms with E-state index < -0.39 is 5.41 Å². The Bertz CT molecular complexity index is 2610. The Morgan fingerprint density at radius 1 is 0.385 bits per heavy atom. The Labute approximate surface area is 301 Å². The SMILES string of the molecule is C1=Cc2ccc(-c3cc(-c4cnc(-c5ccccc5)nc4)nc(-c4ccccc4)n3)cc2C2(c3ccccc31)c1ccccc1Oc1ccccc12. The molecule has 5 heteroatoms. The van der Waals surface area contributed by atoms with Gasteiger partial charge in [-0.25, -0.2) is 19.9 Å². The third-order valence-electron chi connectivity index (χ3n) is 10.1. The van der Waals surface area contributed by atoms with Gasteiger partial charge in [-0.3, -0.25) is 0 Å². The molecule has 0 fully saturated rings. The molecule has 0 amide bonds. The highest BCUT2D eigenvalue weighted by molar-refractivity contribution is 5.85. The minimum atomic E-state index is -0.657. The molecule has 0 N–H and O–H groups in total. The normalized spacial score (nSPS) is 13.2. The minimum Gasteiger partial charge on any atom is -0.457 e. The van der Waals surface area contributed by atoms with E-state index in [2.05, 4.69) is 91.0 Å². The van der Waals surface area contributed by atoms with Gasteiger partial charge in [0.05, 0.1) is 16.8 Å². The summed E-state index contributed by atoms with van der Waals surface area (Å²) in [5.41, 5.74) is 11.5. The number of hydrogen-bond donors (Lipinski definition) is 0. The van der Waals surface area contributed by atoms with E-state index in [0.29, 0.717) is 11.6 Å². The van der Waals surface area contributed by atoms with Gasteiger partial charge in [-0.1, -0.05) is 146 Å². The molecule has 3 heterocycles. The number of hydrogen-bond acceptors (Lipinski definition) is 5. The van der Waals surface area contributed by atoms with Crippen LogP contribution in [-0.4, -0.2) is 19.9 Å². The summed E-state index contributed by atoms with van der Waals surface area (Å²) >= 11 is 0. The lowest BCUT2D eigenvalue weighted by atomic mass is 9.62. The first-order valence-electron chi connectivity index (χ1n) is 17.4. The van der Waals surface area contributed by atoms with Crippen molar-refractivity contribution in [1.29, 1.82) is 0 Å². The molecule has 2 aliphatic rings. The summed E-state index contributed by atoms with van der Waals surface area (Å²) in [6.45, 7) is 0. The maximum Gasteiger partial charge on any atom is 0.160 e. The lowest BCUT2D eigenvalue weighted by molar-refractivity contribution is 0.434. The van der Waals surface area contributed by atoms with Crippen LogP contribution >= 0.6 is 0 Å². The summed E-state index contributed by atoms with van der Waals surface area (Å²) in [6.07, 6.45) is 8.16. The average Bonchev–Trinajstić information content (AvgIpc) is 3.36. The minimum absolute atomic E-state index is 0.636. The van der Waals surface area contributed by atoms with Crippen molar-refractivity contribution in [3.05, 3.63) is 203 Å². The lowest BCUT2D eigenvalue weighted by Gasteiger charge is -2.42. The number of benzene rings is 6. The highest BCUT2D eigenvalue weighted by Gasteiger charge is 2.47. The first kappa shape index (κ1) is 29.9. The largest absolute Gasteiger partial charge is 0.457 e. The van der Waals surface area contributed by atoms with Gasteiger partial charge in [0.2, 0.25) is 0 Å². The predicted molar refractivity (Wildman–Crippen MR) is 207 cm³/mol. The van der Waals surface area contributed by atoms with Crippen molar-refractivity contribution < 1.29 is 4.74 Å². The second-order valence-corrected chi connectivity index (χ2v) is 13.1. The van der Waals surface area contributed by atoms with Crippen LogP contribution in [0, 0.1) is 0 Å². The summed E-state index contributed by atoms with van der Waals surface area (Å²) in [6, 6.07) is 54.4. The second-order valence-electron chi connectivity index (χ2n) is 13.1. The molecule has 1 aliphatic carbocycles. The topological polar surface area (TPSA) is 60.8 Å². The average molecular weight is 667 g/mol. The summed E-state index contributed by atoms with van der Waals surface area (Å²) in [5, 5.41) is 0. The molecule has 6 aromatic carbocycles. The standard InChI is InChI=1S/C47H30N4O/c1-3-14-33(15-4-1)45-48-29-36(30-49-45)42-28-41(50-46(51-42)34-16-5-2-6-17-34)35-26-25-32-24-23-31-13-7-8-18-37(31)47(40(32)27-35)38-19-9-11-21-43(38)52-44-22-12-10-20-39(44)47/h1-30H. The van der Waals surface area contributed by atoms with Crippen LogP contribution in [0.4, 0.5) is 0 Å². The van der Waals surface area contributed by atoms with Gasteiger partial charge < -0.3 is 4.74 Å². The van der Waals surface area contributed by atoms with E-state index in [4.69, 9.17) is 24.7 Å². The summed E-state index contributed by atoms with van der Waals surface area (Å²) in [7, 11) is 0. The third-order valence-corrected chi connectivity index (χ3v) is 10.1. The first-order chi connectivity index (χ1) is 25.8. The molecule has 0 unspecified atom stereocenters. The van der Waals surface area contributed by atoms with E-state index >= 15 is 0 Å². The molecule has 1 aliphatic heterocycles. The van der Waals surface area contributed by atoms with Crippen LogP contribution in [0.25, 0.3) is 57.4 Å². The molecule has 52 heavy (non-hydrogen) atoms. The van der Waals surface area contributed by atoms with Crippen molar-refractivity contribution in [1.82, 2.24) is 19.9 Å². The van der Waals surface area contributed by atoms with Gasteiger partial charge in [-0.2, -0.15) is 0 Å². The summed E-state index contributed by atoms with van der Waals surface area (Å²) in [5.74, 6) is 3.01. The van der Waals surface area contributed by atoms with Crippen molar-refractivity contribution in [3.63, 3.8) is 0 Å². The summed E-state index contributed by atoms with van der Waals surface area (Å²) in [4.78, 5) is 19.7. The highest BCUT2D eigenvalue weighted by Crippen LogP contribution is 2.58. The Morgan fingerprint density at radius 3 is 1.56 bits per heavy atom. The van der Waals surface area contributed by atoms with Crippen LogP contribution in [0.1, 0.15) is 33.4 Å². The van der Waals surface area contributed by atoms with Gasteiger partial charge in [0, 0.05) is 45.8 Å². The Morgan fingerprint density at radius 2 is 0.904 bits per heavy atom. The van der Waals surface area contributed by atoms with Gasteiger partial charge >= 0.3 is 0 Å². The molecule has 10 rings (SSSR count). The molecule has 244 valence electrons. The third kappa shape index (κ3) is 4.78. The van der Waals surface area contributed by atoms with Gasteiger partial charge in [-0.05, 0) is 46.5 Å². The number of fused-ring (bicyclic) bond motifs is 8. The van der Waals surface area contributed by atoms with Gasteiger partial charge in [-0.15, -0.1) is 0 Å². The van der Waals surface area contributed by atoms with Crippen LogP contribution in [0.15, 0.2) is 170 Å². The zero-order valence-electron chi connectivity index (χ0n) is 28.0. The smallest absolute Gasteiger partial charge is 0.160 e. The van der Waals surface area contributed by atoms with E-state index in [-0.39, 0.29) is 0 Å². The molecule has 0 bridgehead atoms. The zero-order chi connectivity index (χ0) is 34.5. The van der Waals surface area contributed by atoms with Crippen molar-refractivity contribution in [2.75, 3.05) is 0 Å². The van der Waals surface area contributed by atoms with Gasteiger partial charge in [0.15, 0.2) is 11.6 Å². The Kier molecular flexibility index (Phi) is 6.96. The van der Waals surface area contributed by atoms with Crippen molar-refractivity contribution >= 4 is 12.2 Å². The zero-order valence-corrected chi connectivity index (χ0v) is 28.0. The number of rotatable bonds is 4. The molecular formula is C47H30N4O. The molecule has 0 radical (unpaired) electrons. The molecule has 5 nitrogen and oxygen atoms in total. The van der Waals surface area contributed by atoms with E-state index in [0.717, 1.165) is 67.4 Å². The Hall–Kier alpha value is -6.98. The van der Waals surface area contributed by atoms with Crippen LogP contribution in [0.3, 0.4) is 0 Å². The van der Waals surface area contributed by atoms with Crippen molar-refractivity contribution in [3.8, 4) is 56.8 Å². The van der Waals surface area contributed by atoms with E-state index in [9.17, 15) is 0 Å². The maximum absolute atomic E-state index is 6.60. The first-order valence-corrected chi connectivity index (χ1v) is 17.4. The maximum atomic E-state index is 6.60. The number of ether oxygens (including phenoxy) is 1. The molecular weight excluding hydrogens is 637 g/mol. The highest BCUT2D eigenvalue weighted by atomic mass is 16.5. The quantitative estimate of drug-likeness (QED) is 0.187. The molecule has 1 spiro atoms. The number of nitrogens with zero attached hydrogens (tertiary/aromatic N) is 4. The fourth-order valence-electron chi connectivity index (χ4n) is 7.72. The number of para-hydroxylation sites is 2. The van der Waals surface area contributed by atoms with E-state index in [1.54, 1.807) is 0 Å². The van der Waals surface area contributed by atoms with Gasteiger partial charge in [0.1, 0.15) is 11.5 Å². The molecule has 0 atom stereocenters. The second kappa shape index (κ2) is 12.1. The fraction of sp³-hybridized carbons (Fsp3) is 0.0213. The van der Waals surface area contributed by atoms with Crippen LogP contribution in [0.2, 0.25) is 0 Å². The van der Waals surface area contributed by atoms with E-state index in [1.165, 1.54) is 11.1 Å². The van der Waals surface area contributed by atoms with E-state index in [1.807, 2.05) is 91.3 Å². The van der Waals surface area contributed by atoms with Crippen LogP contribution < -0.4 is 4.74 Å². The fourth-order valence-corrected chi connectivity index (χ4v) is 7.72. The van der Waals surface area contributed by atoms with Crippen LogP contribution in [0.5, 0.6) is 11.5 Å². The molecule has 2 aromatic heterocycles. The molecule has 0 saturated carbocycles. The lowest BCUT2D eigenvalue weighted by Crippen LogP contribution is -2.35. The molecule has 8 aromatic rings. The predicted octanol–water partition coefficient (Wildman–Crippen LogP) is 10.9. The van der Waals surface area contributed by atoms with Gasteiger partial charge in [0.25, 0.3) is 0 Å². The van der Waals surface area contributed by atoms with Crippen molar-refractivity contribution in [2.24, 2.45) is 0 Å².